The van der Waals surface area contributed by atoms with Gasteiger partial charge in [0.05, 0.1) is 19.8 Å². The minimum atomic E-state index is 0.712. The molecule has 5 heteroatoms. The highest BCUT2D eigenvalue weighted by Gasteiger charge is 2.14. The predicted octanol–water partition coefficient (Wildman–Crippen LogP) is 0.464. The molecule has 1 aliphatic rings. The lowest BCUT2D eigenvalue weighted by atomic mass is 10.4. The van der Waals surface area contributed by atoms with Crippen molar-refractivity contribution >= 4 is 0 Å². The van der Waals surface area contributed by atoms with Gasteiger partial charge in [0, 0.05) is 19.5 Å². The maximum atomic E-state index is 5.26. The molecular weight excluding hydrogens is 182 g/mol. The Morgan fingerprint density at radius 3 is 2.79 bits per heavy atom. The number of ether oxygens (including phenoxy) is 1. The van der Waals surface area contributed by atoms with Crippen LogP contribution in [-0.2, 0) is 17.7 Å². The molecule has 0 N–H and O–H groups in total. The summed E-state index contributed by atoms with van der Waals surface area (Å²) in [5.41, 5.74) is 0. The van der Waals surface area contributed by atoms with Crippen LogP contribution in [0.3, 0.4) is 0 Å². The SMILES string of the molecule is CCc1noc(CN2CCOCC2)n1. The molecule has 1 aromatic rings. The maximum absolute atomic E-state index is 5.26. The Kier molecular flexibility index (Phi) is 3.10. The van der Waals surface area contributed by atoms with E-state index in [1.807, 2.05) is 6.92 Å². The van der Waals surface area contributed by atoms with E-state index in [9.17, 15) is 0 Å². The third-order valence-electron chi connectivity index (χ3n) is 2.29. The molecule has 0 saturated carbocycles. The molecule has 0 spiro atoms. The van der Waals surface area contributed by atoms with E-state index in [-0.39, 0.29) is 0 Å². The minimum Gasteiger partial charge on any atom is -0.379 e. The van der Waals surface area contributed by atoms with Gasteiger partial charge < -0.3 is 9.26 Å². The van der Waals surface area contributed by atoms with Crippen molar-refractivity contribution in [3.8, 4) is 0 Å². The molecule has 14 heavy (non-hydrogen) atoms. The fourth-order valence-corrected chi connectivity index (χ4v) is 1.45. The lowest BCUT2D eigenvalue weighted by molar-refractivity contribution is 0.0297. The number of hydrogen-bond acceptors (Lipinski definition) is 5. The smallest absolute Gasteiger partial charge is 0.240 e. The lowest BCUT2D eigenvalue weighted by Crippen LogP contribution is -2.35. The van der Waals surface area contributed by atoms with Crippen molar-refractivity contribution in [1.82, 2.24) is 15.0 Å². The van der Waals surface area contributed by atoms with Crippen LogP contribution in [0.15, 0.2) is 4.52 Å². The number of rotatable bonds is 3. The molecular formula is C9H15N3O2. The second-order valence-corrected chi connectivity index (χ2v) is 3.35. The van der Waals surface area contributed by atoms with Gasteiger partial charge in [0.1, 0.15) is 0 Å². The predicted molar refractivity (Wildman–Crippen MR) is 49.8 cm³/mol. The van der Waals surface area contributed by atoms with Crippen LogP contribution in [0, 0.1) is 0 Å². The molecule has 1 aliphatic heterocycles. The van der Waals surface area contributed by atoms with Crippen LogP contribution < -0.4 is 0 Å². The normalized spacial score (nSPS) is 18.6. The van der Waals surface area contributed by atoms with Gasteiger partial charge in [-0.05, 0) is 0 Å². The summed E-state index contributed by atoms with van der Waals surface area (Å²) >= 11 is 0. The van der Waals surface area contributed by atoms with Gasteiger partial charge in [-0.2, -0.15) is 4.98 Å². The van der Waals surface area contributed by atoms with Crippen LogP contribution in [0.2, 0.25) is 0 Å². The fraction of sp³-hybridized carbons (Fsp3) is 0.778. The van der Waals surface area contributed by atoms with Crippen molar-refractivity contribution in [2.75, 3.05) is 26.3 Å². The zero-order valence-corrected chi connectivity index (χ0v) is 8.40. The molecule has 1 saturated heterocycles. The Morgan fingerprint density at radius 1 is 1.36 bits per heavy atom. The molecule has 1 fully saturated rings. The molecule has 5 nitrogen and oxygen atoms in total. The van der Waals surface area contributed by atoms with E-state index >= 15 is 0 Å². The van der Waals surface area contributed by atoms with Gasteiger partial charge in [0.25, 0.3) is 0 Å². The molecule has 0 amide bonds. The van der Waals surface area contributed by atoms with E-state index in [0.29, 0.717) is 5.89 Å². The monoisotopic (exact) mass is 197 g/mol. The van der Waals surface area contributed by atoms with Crippen molar-refractivity contribution < 1.29 is 9.26 Å². The Labute approximate surface area is 83.0 Å². The first kappa shape index (κ1) is 9.61. The first-order valence-corrected chi connectivity index (χ1v) is 5.00. The van der Waals surface area contributed by atoms with Crippen molar-refractivity contribution in [3.05, 3.63) is 11.7 Å². The van der Waals surface area contributed by atoms with E-state index < -0.39 is 0 Å². The number of aryl methyl sites for hydroxylation is 1. The van der Waals surface area contributed by atoms with Crippen LogP contribution in [0.1, 0.15) is 18.6 Å². The standard InChI is InChI=1S/C9H15N3O2/c1-2-8-10-9(14-11-8)7-12-3-5-13-6-4-12/h2-7H2,1H3. The quantitative estimate of drug-likeness (QED) is 0.704. The molecule has 0 aromatic carbocycles. The number of nitrogens with zero attached hydrogens (tertiary/aromatic N) is 3. The third-order valence-corrected chi connectivity index (χ3v) is 2.29. The maximum Gasteiger partial charge on any atom is 0.240 e. The first-order chi connectivity index (χ1) is 6.88. The Balaban J connectivity index is 1.89. The van der Waals surface area contributed by atoms with Crippen LogP contribution in [0.25, 0.3) is 0 Å². The molecule has 2 heterocycles. The zero-order chi connectivity index (χ0) is 9.80. The highest BCUT2D eigenvalue weighted by molar-refractivity contribution is 4.85. The van der Waals surface area contributed by atoms with E-state index in [1.54, 1.807) is 0 Å². The highest BCUT2D eigenvalue weighted by Crippen LogP contribution is 2.05. The molecule has 0 bridgehead atoms. The molecule has 0 aliphatic carbocycles. The van der Waals surface area contributed by atoms with E-state index in [4.69, 9.17) is 9.26 Å². The summed E-state index contributed by atoms with van der Waals surface area (Å²) in [6.45, 7) is 6.26. The van der Waals surface area contributed by atoms with E-state index in [0.717, 1.165) is 45.1 Å². The van der Waals surface area contributed by atoms with Crippen molar-refractivity contribution in [2.24, 2.45) is 0 Å². The largest absolute Gasteiger partial charge is 0.379 e. The molecule has 0 radical (unpaired) electrons. The van der Waals surface area contributed by atoms with E-state index in [2.05, 4.69) is 15.0 Å². The summed E-state index contributed by atoms with van der Waals surface area (Å²) in [5, 5.41) is 3.86. The Hall–Kier alpha value is -0.940. The summed E-state index contributed by atoms with van der Waals surface area (Å²) < 4.78 is 10.4. The summed E-state index contributed by atoms with van der Waals surface area (Å²) in [5.74, 6) is 1.50. The molecule has 78 valence electrons. The van der Waals surface area contributed by atoms with Crippen LogP contribution in [-0.4, -0.2) is 41.3 Å². The second kappa shape index (κ2) is 4.52. The average Bonchev–Trinajstić information content (AvgIpc) is 2.67. The number of morpholine rings is 1. The summed E-state index contributed by atoms with van der Waals surface area (Å²) in [6.07, 6.45) is 0.826. The van der Waals surface area contributed by atoms with Gasteiger partial charge in [-0.3, -0.25) is 4.90 Å². The van der Waals surface area contributed by atoms with Crippen LogP contribution >= 0.6 is 0 Å². The van der Waals surface area contributed by atoms with Gasteiger partial charge in [-0.15, -0.1) is 0 Å². The highest BCUT2D eigenvalue weighted by atomic mass is 16.5. The fourth-order valence-electron chi connectivity index (χ4n) is 1.45. The first-order valence-electron chi connectivity index (χ1n) is 5.00. The summed E-state index contributed by atoms with van der Waals surface area (Å²) in [4.78, 5) is 6.52. The molecule has 1 aromatic heterocycles. The molecule has 0 unspecified atom stereocenters. The number of hydrogen-bond donors (Lipinski definition) is 0. The molecule has 2 rings (SSSR count). The van der Waals surface area contributed by atoms with Gasteiger partial charge in [-0.25, -0.2) is 0 Å². The second-order valence-electron chi connectivity index (χ2n) is 3.35. The summed E-state index contributed by atoms with van der Waals surface area (Å²) in [7, 11) is 0. The van der Waals surface area contributed by atoms with Gasteiger partial charge in [-0.1, -0.05) is 12.1 Å². The number of aromatic nitrogens is 2. The van der Waals surface area contributed by atoms with Gasteiger partial charge in [0.2, 0.25) is 5.89 Å². The average molecular weight is 197 g/mol. The van der Waals surface area contributed by atoms with Crippen molar-refractivity contribution in [2.45, 2.75) is 19.9 Å². The lowest BCUT2D eigenvalue weighted by Gasteiger charge is -2.24. The van der Waals surface area contributed by atoms with Crippen LogP contribution in [0.5, 0.6) is 0 Å². The topological polar surface area (TPSA) is 51.4 Å². The van der Waals surface area contributed by atoms with Gasteiger partial charge in [0.15, 0.2) is 5.82 Å². The van der Waals surface area contributed by atoms with E-state index in [1.165, 1.54) is 0 Å². The zero-order valence-electron chi connectivity index (χ0n) is 8.40. The minimum absolute atomic E-state index is 0.712. The van der Waals surface area contributed by atoms with Crippen LogP contribution in [0.4, 0.5) is 0 Å². The third kappa shape index (κ3) is 2.30. The van der Waals surface area contributed by atoms with Gasteiger partial charge >= 0.3 is 0 Å². The summed E-state index contributed by atoms with van der Waals surface area (Å²) in [6, 6.07) is 0. The Morgan fingerprint density at radius 2 is 2.14 bits per heavy atom. The van der Waals surface area contributed by atoms with Crippen molar-refractivity contribution in [1.29, 1.82) is 0 Å². The molecule has 0 atom stereocenters. The van der Waals surface area contributed by atoms with Crippen molar-refractivity contribution in [3.63, 3.8) is 0 Å². The Bertz CT molecular complexity index is 281.